The van der Waals surface area contributed by atoms with Gasteiger partial charge in [-0.25, -0.2) is 4.79 Å². The Balaban J connectivity index is 1.62. The minimum atomic E-state index is -0.288. The van der Waals surface area contributed by atoms with Gasteiger partial charge in [0, 0.05) is 0 Å². The number of hydrogen-bond donors (Lipinski definition) is 0. The first kappa shape index (κ1) is 17.3. The Morgan fingerprint density at radius 3 is 2.58 bits per heavy atom. The molecule has 0 aromatic heterocycles. The molecule has 0 N–H and O–H groups in total. The predicted octanol–water partition coefficient (Wildman–Crippen LogP) is 5.94. The third-order valence-electron chi connectivity index (χ3n) is 6.84. The lowest BCUT2D eigenvalue weighted by molar-refractivity contribution is 0.0406. The van der Waals surface area contributed by atoms with Gasteiger partial charge in [0.15, 0.2) is 0 Å². The molecule has 0 radical (unpaired) electrons. The van der Waals surface area contributed by atoms with Crippen LogP contribution >= 0.6 is 0 Å². The summed E-state index contributed by atoms with van der Waals surface area (Å²) in [5.41, 5.74) is 4.08. The van der Waals surface area contributed by atoms with E-state index in [0.717, 1.165) is 12.3 Å². The molecule has 1 fully saturated rings. The average Bonchev–Trinajstić information content (AvgIpc) is 2.61. The number of ether oxygens (including phenoxy) is 1. The monoisotopic (exact) mass is 348 g/mol. The summed E-state index contributed by atoms with van der Waals surface area (Å²) in [7, 11) is 0. The van der Waals surface area contributed by atoms with E-state index >= 15 is 0 Å². The van der Waals surface area contributed by atoms with E-state index in [1.54, 1.807) is 12.1 Å². The highest BCUT2D eigenvalue weighted by molar-refractivity contribution is 5.91. The molecule has 1 saturated carbocycles. The molecule has 2 aromatic rings. The number of carbonyl (C=O) groups is 1. The minimum Gasteiger partial charge on any atom is -0.423 e. The van der Waals surface area contributed by atoms with Crippen molar-refractivity contribution in [3.05, 3.63) is 65.2 Å². The first-order valence-electron chi connectivity index (χ1n) is 9.81. The van der Waals surface area contributed by atoms with Crippen molar-refractivity contribution >= 4 is 5.97 Å². The molecular formula is C24H28O2. The van der Waals surface area contributed by atoms with E-state index in [2.05, 4.69) is 32.9 Å². The molecule has 26 heavy (non-hydrogen) atoms. The SMILES string of the molecule is CC1(C)CCC[C@]2(C)c3ccc(OC(=O)c4ccccc4)cc3CCC12. The van der Waals surface area contributed by atoms with Crippen LogP contribution in [0, 0.1) is 11.3 Å². The fourth-order valence-electron chi connectivity index (χ4n) is 5.59. The second-order valence-electron chi connectivity index (χ2n) is 8.93. The third kappa shape index (κ3) is 2.86. The van der Waals surface area contributed by atoms with E-state index in [4.69, 9.17) is 4.74 Å². The van der Waals surface area contributed by atoms with Crippen LogP contribution in [0.2, 0.25) is 0 Å². The zero-order chi connectivity index (χ0) is 18.4. The lowest BCUT2D eigenvalue weighted by atomic mass is 9.50. The van der Waals surface area contributed by atoms with Crippen molar-refractivity contribution in [2.45, 2.75) is 58.3 Å². The van der Waals surface area contributed by atoms with Gasteiger partial charge in [0.1, 0.15) is 5.75 Å². The minimum absolute atomic E-state index is 0.247. The standard InChI is InChI=1S/C24H28O2/c1-23(2)14-7-15-24(3)20-12-11-19(16-18(20)10-13-21(23)24)26-22(25)17-8-5-4-6-9-17/h4-6,8-9,11-12,16,21H,7,10,13-15H2,1-3H3/t21?,24-/m1/s1. The first-order valence-corrected chi connectivity index (χ1v) is 9.81. The largest absolute Gasteiger partial charge is 0.423 e. The molecule has 1 unspecified atom stereocenters. The number of fused-ring (bicyclic) bond motifs is 3. The van der Waals surface area contributed by atoms with E-state index in [-0.39, 0.29) is 11.4 Å². The van der Waals surface area contributed by atoms with E-state index in [1.165, 1.54) is 36.8 Å². The number of esters is 1. The average molecular weight is 348 g/mol. The normalized spacial score (nSPS) is 26.5. The maximum absolute atomic E-state index is 12.3. The maximum Gasteiger partial charge on any atom is 0.343 e. The number of benzene rings is 2. The maximum atomic E-state index is 12.3. The Hall–Kier alpha value is -2.09. The highest BCUT2D eigenvalue weighted by Crippen LogP contribution is 2.57. The molecule has 0 aliphatic heterocycles. The summed E-state index contributed by atoms with van der Waals surface area (Å²) in [5.74, 6) is 1.10. The summed E-state index contributed by atoms with van der Waals surface area (Å²) in [6, 6.07) is 15.5. The van der Waals surface area contributed by atoms with Crippen LogP contribution in [0.3, 0.4) is 0 Å². The van der Waals surface area contributed by atoms with Crippen LogP contribution in [0.4, 0.5) is 0 Å². The van der Waals surface area contributed by atoms with Gasteiger partial charge in [-0.3, -0.25) is 0 Å². The smallest absolute Gasteiger partial charge is 0.343 e. The van der Waals surface area contributed by atoms with Crippen molar-refractivity contribution < 1.29 is 9.53 Å². The summed E-state index contributed by atoms with van der Waals surface area (Å²) in [4.78, 5) is 12.3. The van der Waals surface area contributed by atoms with E-state index in [0.29, 0.717) is 16.7 Å². The zero-order valence-corrected chi connectivity index (χ0v) is 16.0. The predicted molar refractivity (Wildman–Crippen MR) is 105 cm³/mol. The molecule has 2 aliphatic carbocycles. The van der Waals surface area contributed by atoms with Gasteiger partial charge in [0.25, 0.3) is 0 Å². The number of carbonyl (C=O) groups excluding carboxylic acids is 1. The third-order valence-corrected chi connectivity index (χ3v) is 6.84. The molecule has 0 heterocycles. The molecule has 2 heteroatoms. The molecule has 0 saturated heterocycles. The highest BCUT2D eigenvalue weighted by Gasteiger charge is 2.49. The van der Waals surface area contributed by atoms with Gasteiger partial charge in [0.2, 0.25) is 0 Å². The van der Waals surface area contributed by atoms with Crippen LogP contribution in [0.15, 0.2) is 48.5 Å². The van der Waals surface area contributed by atoms with Gasteiger partial charge >= 0.3 is 5.97 Å². The topological polar surface area (TPSA) is 26.3 Å². The van der Waals surface area contributed by atoms with Crippen LogP contribution in [0.25, 0.3) is 0 Å². The van der Waals surface area contributed by atoms with Crippen molar-refractivity contribution in [3.63, 3.8) is 0 Å². The summed E-state index contributed by atoms with van der Waals surface area (Å²) >= 11 is 0. The van der Waals surface area contributed by atoms with Crippen LogP contribution in [-0.4, -0.2) is 5.97 Å². The van der Waals surface area contributed by atoms with E-state index in [9.17, 15) is 4.79 Å². The summed E-state index contributed by atoms with van der Waals surface area (Å²) in [6.07, 6.45) is 6.19. The van der Waals surface area contributed by atoms with Gasteiger partial charge in [-0.2, -0.15) is 0 Å². The zero-order valence-electron chi connectivity index (χ0n) is 16.0. The molecule has 2 atom stereocenters. The lowest BCUT2D eigenvalue weighted by Crippen LogP contribution is -2.47. The quantitative estimate of drug-likeness (QED) is 0.496. The van der Waals surface area contributed by atoms with Crippen LogP contribution in [-0.2, 0) is 11.8 Å². The van der Waals surface area contributed by atoms with Crippen LogP contribution in [0.5, 0.6) is 5.75 Å². The highest BCUT2D eigenvalue weighted by atomic mass is 16.5. The molecule has 4 rings (SSSR count). The molecule has 0 amide bonds. The summed E-state index contributed by atoms with van der Waals surface area (Å²) in [5, 5.41) is 0. The van der Waals surface area contributed by atoms with Gasteiger partial charge in [0.05, 0.1) is 5.56 Å². The van der Waals surface area contributed by atoms with Crippen LogP contribution in [0.1, 0.15) is 67.9 Å². The molecule has 0 bridgehead atoms. The number of rotatable bonds is 2. The fourth-order valence-corrected chi connectivity index (χ4v) is 5.59. The van der Waals surface area contributed by atoms with Gasteiger partial charge in [-0.1, -0.05) is 51.5 Å². The summed E-state index contributed by atoms with van der Waals surface area (Å²) < 4.78 is 5.64. The molecule has 0 spiro atoms. The second-order valence-corrected chi connectivity index (χ2v) is 8.93. The van der Waals surface area contributed by atoms with Gasteiger partial charge < -0.3 is 4.74 Å². The molecule has 2 aromatic carbocycles. The van der Waals surface area contributed by atoms with Crippen LogP contribution < -0.4 is 4.74 Å². The Bertz CT molecular complexity index is 821. The second kappa shape index (κ2) is 6.26. The number of hydrogen-bond acceptors (Lipinski definition) is 2. The Morgan fingerprint density at radius 2 is 1.81 bits per heavy atom. The Labute approximate surface area is 156 Å². The van der Waals surface area contributed by atoms with E-state index < -0.39 is 0 Å². The van der Waals surface area contributed by atoms with Crippen molar-refractivity contribution in [2.75, 3.05) is 0 Å². The lowest BCUT2D eigenvalue weighted by Gasteiger charge is -2.54. The van der Waals surface area contributed by atoms with Gasteiger partial charge in [-0.05, 0) is 77.8 Å². The molecular weight excluding hydrogens is 320 g/mol. The van der Waals surface area contributed by atoms with Crippen molar-refractivity contribution in [1.82, 2.24) is 0 Å². The van der Waals surface area contributed by atoms with Crippen molar-refractivity contribution in [1.29, 1.82) is 0 Å². The summed E-state index contributed by atoms with van der Waals surface area (Å²) in [6.45, 7) is 7.33. The van der Waals surface area contributed by atoms with E-state index in [1.807, 2.05) is 24.3 Å². The molecule has 2 aliphatic rings. The van der Waals surface area contributed by atoms with Crippen molar-refractivity contribution in [2.24, 2.45) is 11.3 Å². The Morgan fingerprint density at radius 1 is 1.04 bits per heavy atom. The molecule has 2 nitrogen and oxygen atoms in total. The molecule has 136 valence electrons. The Kier molecular flexibility index (Phi) is 4.17. The number of aryl methyl sites for hydroxylation is 1. The van der Waals surface area contributed by atoms with Crippen molar-refractivity contribution in [3.8, 4) is 5.75 Å². The first-order chi connectivity index (χ1) is 12.4. The fraction of sp³-hybridized carbons (Fsp3) is 0.458. The van der Waals surface area contributed by atoms with Gasteiger partial charge in [-0.15, -0.1) is 0 Å².